The molecule has 2 aromatic rings. The Balaban J connectivity index is 2.23. The molecule has 0 saturated carbocycles. The standard InChI is InChI=1S/C18H16ClNO5/c1-3-25-17-9-5-12(10-18(17)24-2)4-8-16(21)13-6-7-14(19)15(11-13)20(22)23/h4-11H,3H2,1-2H3/b8-4+. The van der Waals surface area contributed by atoms with Crippen LogP contribution in [0.25, 0.3) is 6.08 Å². The Morgan fingerprint density at radius 3 is 2.64 bits per heavy atom. The van der Waals surface area contributed by atoms with E-state index in [2.05, 4.69) is 0 Å². The molecule has 0 spiro atoms. The van der Waals surface area contributed by atoms with Gasteiger partial charge in [-0.1, -0.05) is 23.7 Å². The summed E-state index contributed by atoms with van der Waals surface area (Å²) in [6, 6.07) is 9.20. The average molecular weight is 362 g/mol. The number of hydrogen-bond acceptors (Lipinski definition) is 5. The van der Waals surface area contributed by atoms with Crippen LogP contribution in [0.3, 0.4) is 0 Å². The second kappa shape index (κ2) is 8.30. The fourth-order valence-corrected chi connectivity index (χ4v) is 2.32. The van der Waals surface area contributed by atoms with E-state index in [0.717, 1.165) is 11.6 Å². The van der Waals surface area contributed by atoms with Crippen molar-refractivity contribution in [3.63, 3.8) is 0 Å². The largest absolute Gasteiger partial charge is 0.493 e. The Hall–Kier alpha value is -2.86. The van der Waals surface area contributed by atoms with Crippen LogP contribution in [-0.4, -0.2) is 24.4 Å². The SMILES string of the molecule is CCOc1ccc(/C=C/C(=O)c2ccc(Cl)c([N+](=O)[O-])c2)cc1OC. The first kappa shape index (κ1) is 18.5. The number of ketones is 1. The molecule has 0 fully saturated rings. The lowest BCUT2D eigenvalue weighted by molar-refractivity contribution is -0.384. The zero-order valence-electron chi connectivity index (χ0n) is 13.7. The Morgan fingerprint density at radius 2 is 2.00 bits per heavy atom. The molecule has 0 unspecified atom stereocenters. The molecule has 0 bridgehead atoms. The van der Waals surface area contributed by atoms with Crippen LogP contribution in [0.2, 0.25) is 5.02 Å². The highest BCUT2D eigenvalue weighted by Crippen LogP contribution is 2.29. The topological polar surface area (TPSA) is 78.7 Å². The molecular formula is C18H16ClNO5. The maximum atomic E-state index is 12.2. The highest BCUT2D eigenvalue weighted by atomic mass is 35.5. The molecule has 0 heterocycles. The Kier molecular flexibility index (Phi) is 6.14. The lowest BCUT2D eigenvalue weighted by Gasteiger charge is -2.09. The van der Waals surface area contributed by atoms with Gasteiger partial charge in [-0.25, -0.2) is 0 Å². The lowest BCUT2D eigenvalue weighted by Crippen LogP contribution is -1.97. The number of nitro benzene ring substituents is 1. The van der Waals surface area contributed by atoms with Crippen LogP contribution in [0, 0.1) is 10.1 Å². The molecule has 6 nitrogen and oxygen atoms in total. The molecule has 7 heteroatoms. The fraction of sp³-hybridized carbons (Fsp3) is 0.167. The van der Waals surface area contributed by atoms with Crippen LogP contribution in [0.4, 0.5) is 5.69 Å². The molecule has 130 valence electrons. The summed E-state index contributed by atoms with van der Waals surface area (Å²) in [6.07, 6.45) is 2.93. The fourth-order valence-electron chi connectivity index (χ4n) is 2.14. The minimum Gasteiger partial charge on any atom is -0.493 e. The van der Waals surface area contributed by atoms with E-state index in [1.165, 1.54) is 25.3 Å². The highest BCUT2D eigenvalue weighted by Gasteiger charge is 2.15. The number of allylic oxidation sites excluding steroid dienone is 1. The van der Waals surface area contributed by atoms with Gasteiger partial charge in [-0.3, -0.25) is 14.9 Å². The molecule has 0 atom stereocenters. The van der Waals surface area contributed by atoms with E-state index in [0.29, 0.717) is 18.1 Å². The number of nitro groups is 1. The molecule has 25 heavy (non-hydrogen) atoms. The second-order valence-corrected chi connectivity index (χ2v) is 5.37. The van der Waals surface area contributed by atoms with Gasteiger partial charge in [-0.2, -0.15) is 0 Å². The number of hydrogen-bond donors (Lipinski definition) is 0. The summed E-state index contributed by atoms with van der Waals surface area (Å²) in [5.74, 6) is 0.799. The summed E-state index contributed by atoms with van der Waals surface area (Å²) < 4.78 is 10.7. The number of carbonyl (C=O) groups is 1. The minimum atomic E-state index is -0.625. The van der Waals surface area contributed by atoms with Crippen molar-refractivity contribution in [2.24, 2.45) is 0 Å². The first-order valence-electron chi connectivity index (χ1n) is 7.43. The number of benzene rings is 2. The zero-order valence-corrected chi connectivity index (χ0v) is 14.4. The maximum Gasteiger partial charge on any atom is 0.288 e. The predicted octanol–water partition coefficient (Wildman–Crippen LogP) is 4.55. The van der Waals surface area contributed by atoms with E-state index >= 15 is 0 Å². The molecule has 0 N–H and O–H groups in total. The van der Waals surface area contributed by atoms with Gasteiger partial charge in [0.1, 0.15) is 5.02 Å². The molecule has 0 radical (unpaired) electrons. The third-order valence-electron chi connectivity index (χ3n) is 3.34. The van der Waals surface area contributed by atoms with Crippen LogP contribution >= 0.6 is 11.6 Å². The highest BCUT2D eigenvalue weighted by molar-refractivity contribution is 6.32. The molecule has 2 aromatic carbocycles. The van der Waals surface area contributed by atoms with Crippen LogP contribution in [0.5, 0.6) is 11.5 Å². The molecule has 0 aromatic heterocycles. The van der Waals surface area contributed by atoms with Crippen LogP contribution < -0.4 is 9.47 Å². The van der Waals surface area contributed by atoms with E-state index in [1.807, 2.05) is 6.92 Å². The van der Waals surface area contributed by atoms with E-state index < -0.39 is 4.92 Å². The summed E-state index contributed by atoms with van der Waals surface area (Å²) in [7, 11) is 1.53. The van der Waals surface area contributed by atoms with Gasteiger partial charge in [0.2, 0.25) is 0 Å². The minimum absolute atomic E-state index is 0.0122. The number of carbonyl (C=O) groups excluding carboxylic acids is 1. The summed E-state index contributed by atoms with van der Waals surface area (Å²) in [5.41, 5.74) is 0.617. The monoisotopic (exact) mass is 361 g/mol. The summed E-state index contributed by atoms with van der Waals surface area (Å²) >= 11 is 5.75. The summed E-state index contributed by atoms with van der Waals surface area (Å²) in [6.45, 7) is 2.39. The normalized spacial score (nSPS) is 10.7. The summed E-state index contributed by atoms with van der Waals surface area (Å²) in [4.78, 5) is 22.5. The number of ether oxygens (including phenoxy) is 2. The van der Waals surface area contributed by atoms with Gasteiger partial charge in [0.05, 0.1) is 18.6 Å². The average Bonchev–Trinajstić information content (AvgIpc) is 2.60. The van der Waals surface area contributed by atoms with Crippen molar-refractivity contribution < 1.29 is 19.2 Å². The van der Waals surface area contributed by atoms with Crippen LogP contribution in [-0.2, 0) is 0 Å². The van der Waals surface area contributed by atoms with Crippen molar-refractivity contribution in [1.82, 2.24) is 0 Å². The molecule has 0 aliphatic carbocycles. The Bertz CT molecular complexity index is 832. The third-order valence-corrected chi connectivity index (χ3v) is 3.66. The van der Waals surface area contributed by atoms with Crippen molar-refractivity contribution in [2.45, 2.75) is 6.92 Å². The van der Waals surface area contributed by atoms with E-state index in [9.17, 15) is 14.9 Å². The van der Waals surface area contributed by atoms with Crippen molar-refractivity contribution in [1.29, 1.82) is 0 Å². The number of rotatable bonds is 7. The lowest BCUT2D eigenvalue weighted by atomic mass is 10.1. The second-order valence-electron chi connectivity index (χ2n) is 4.96. The van der Waals surface area contributed by atoms with E-state index in [4.69, 9.17) is 21.1 Å². The van der Waals surface area contributed by atoms with Gasteiger partial charge in [-0.05, 0) is 42.8 Å². The van der Waals surface area contributed by atoms with Crippen molar-refractivity contribution in [3.8, 4) is 11.5 Å². The van der Waals surface area contributed by atoms with Gasteiger partial charge in [0.15, 0.2) is 17.3 Å². The van der Waals surface area contributed by atoms with Gasteiger partial charge >= 0.3 is 0 Å². The number of methoxy groups -OCH3 is 1. The van der Waals surface area contributed by atoms with Crippen LogP contribution in [0.1, 0.15) is 22.8 Å². The van der Waals surface area contributed by atoms with Crippen molar-refractivity contribution in [2.75, 3.05) is 13.7 Å². The molecular weight excluding hydrogens is 346 g/mol. The number of halogens is 1. The van der Waals surface area contributed by atoms with Crippen molar-refractivity contribution in [3.05, 3.63) is 68.7 Å². The van der Waals surface area contributed by atoms with Gasteiger partial charge in [0.25, 0.3) is 5.69 Å². The van der Waals surface area contributed by atoms with Gasteiger partial charge in [0, 0.05) is 11.6 Å². The first-order chi connectivity index (χ1) is 12.0. The summed E-state index contributed by atoms with van der Waals surface area (Å²) in [5, 5.41) is 10.9. The Labute approximate surface area is 149 Å². The predicted molar refractivity (Wildman–Crippen MR) is 95.6 cm³/mol. The Morgan fingerprint density at radius 1 is 1.24 bits per heavy atom. The van der Waals surface area contributed by atoms with E-state index in [-0.39, 0.29) is 22.1 Å². The van der Waals surface area contributed by atoms with Crippen LogP contribution in [0.15, 0.2) is 42.5 Å². The molecule has 0 aliphatic rings. The molecule has 2 rings (SSSR count). The smallest absolute Gasteiger partial charge is 0.288 e. The maximum absolute atomic E-state index is 12.2. The quantitative estimate of drug-likeness (QED) is 0.313. The first-order valence-corrected chi connectivity index (χ1v) is 7.81. The molecule has 0 saturated heterocycles. The molecule has 0 amide bonds. The van der Waals surface area contributed by atoms with Gasteiger partial charge in [-0.15, -0.1) is 0 Å². The third kappa shape index (κ3) is 4.58. The van der Waals surface area contributed by atoms with E-state index in [1.54, 1.807) is 24.3 Å². The van der Waals surface area contributed by atoms with Gasteiger partial charge < -0.3 is 9.47 Å². The zero-order chi connectivity index (χ0) is 18.4. The molecule has 0 aliphatic heterocycles. The van der Waals surface area contributed by atoms with Crippen molar-refractivity contribution >= 4 is 29.1 Å². The number of nitrogens with zero attached hydrogens (tertiary/aromatic N) is 1.